The summed E-state index contributed by atoms with van der Waals surface area (Å²) in [6, 6.07) is 0. The topological polar surface area (TPSA) is 250 Å². The third-order valence-corrected chi connectivity index (χ3v) is 8.15. The Labute approximate surface area is 295 Å². The van der Waals surface area contributed by atoms with Crippen molar-refractivity contribution in [3.05, 3.63) is 0 Å². The summed E-state index contributed by atoms with van der Waals surface area (Å²) in [5, 5.41) is 10.4. The SMILES string of the molecule is CCOC(=O)C(COCOC(C)=O)(COP(=O)(OC[C@H]1O[C@@H](C)CC1O)OCC(COCOC(C)=O)(C(=O)OCC)C(=O)OCC)C(=O)OCC. The molecule has 0 amide bonds. The minimum absolute atomic E-state index is 0.197. The van der Waals surface area contributed by atoms with Crippen molar-refractivity contribution in [3.8, 4) is 0 Å². The van der Waals surface area contributed by atoms with E-state index in [1.165, 1.54) is 27.7 Å². The first-order valence-corrected chi connectivity index (χ1v) is 17.5. The summed E-state index contributed by atoms with van der Waals surface area (Å²) >= 11 is 0. The zero-order chi connectivity index (χ0) is 38.7. The van der Waals surface area contributed by atoms with Gasteiger partial charge in [0, 0.05) is 20.3 Å². The lowest BCUT2D eigenvalue weighted by atomic mass is 9.90. The van der Waals surface area contributed by atoms with Crippen LogP contribution in [-0.4, -0.2) is 132 Å². The van der Waals surface area contributed by atoms with Crippen LogP contribution in [0.3, 0.4) is 0 Å². The van der Waals surface area contributed by atoms with E-state index in [0.29, 0.717) is 0 Å². The van der Waals surface area contributed by atoms with Crippen LogP contribution in [0.25, 0.3) is 0 Å². The summed E-state index contributed by atoms with van der Waals surface area (Å²) in [5.41, 5.74) is -5.06. The second-order valence-corrected chi connectivity index (χ2v) is 12.5. The highest BCUT2D eigenvalue weighted by molar-refractivity contribution is 7.48. The fourth-order valence-electron chi connectivity index (χ4n) is 4.22. The molecule has 1 rings (SSSR count). The van der Waals surface area contributed by atoms with E-state index in [-0.39, 0.29) is 32.8 Å². The molecule has 294 valence electrons. The molecule has 0 radical (unpaired) electrons. The molecular weight excluding hydrogens is 711 g/mol. The summed E-state index contributed by atoms with van der Waals surface area (Å²) in [6.45, 7) is 2.42. The monoisotopic (exact) mass is 760 g/mol. The molecule has 3 atom stereocenters. The van der Waals surface area contributed by atoms with Crippen LogP contribution in [-0.2, 0) is 89.5 Å². The van der Waals surface area contributed by atoms with Crippen molar-refractivity contribution in [2.45, 2.75) is 73.2 Å². The molecule has 20 nitrogen and oxygen atoms in total. The van der Waals surface area contributed by atoms with Gasteiger partial charge in [0.15, 0.2) is 13.6 Å². The predicted molar refractivity (Wildman–Crippen MR) is 167 cm³/mol. The molecule has 0 aliphatic carbocycles. The quantitative estimate of drug-likeness (QED) is 0.0340. The Kier molecular flexibility index (Phi) is 20.3. The fourth-order valence-corrected chi connectivity index (χ4v) is 5.53. The third-order valence-electron chi connectivity index (χ3n) is 6.80. The van der Waals surface area contributed by atoms with E-state index in [1.54, 1.807) is 6.92 Å². The molecule has 0 bridgehead atoms. The minimum atomic E-state index is -5.16. The molecule has 0 aromatic carbocycles. The van der Waals surface area contributed by atoms with Gasteiger partial charge in [0.2, 0.25) is 10.8 Å². The van der Waals surface area contributed by atoms with Crippen LogP contribution in [0.5, 0.6) is 0 Å². The van der Waals surface area contributed by atoms with Gasteiger partial charge in [-0.25, -0.2) is 4.57 Å². The van der Waals surface area contributed by atoms with Gasteiger partial charge in [-0.05, 0) is 34.6 Å². The average Bonchev–Trinajstić information content (AvgIpc) is 3.39. The Hall–Kier alpha value is -3.23. The largest absolute Gasteiger partial charge is 0.474 e. The molecule has 0 aromatic heterocycles. The molecule has 1 fully saturated rings. The normalized spacial score (nSPS) is 17.7. The molecule has 1 heterocycles. The smallest absolute Gasteiger partial charge is 0.465 e. The van der Waals surface area contributed by atoms with Crippen molar-refractivity contribution < 1.29 is 94.6 Å². The van der Waals surface area contributed by atoms with Crippen LogP contribution in [0.4, 0.5) is 0 Å². The highest BCUT2D eigenvalue weighted by atomic mass is 31.2. The second kappa shape index (κ2) is 22.7. The molecule has 1 N–H and O–H groups in total. The first kappa shape index (κ1) is 45.8. The number of aliphatic hydroxyl groups is 1. The molecule has 21 heteroatoms. The number of hydrogen-bond acceptors (Lipinski definition) is 20. The van der Waals surface area contributed by atoms with Crippen LogP contribution in [0.15, 0.2) is 0 Å². The van der Waals surface area contributed by atoms with Gasteiger partial charge in [0.05, 0.1) is 71.7 Å². The van der Waals surface area contributed by atoms with Crippen LogP contribution in [0.2, 0.25) is 0 Å². The van der Waals surface area contributed by atoms with Crippen LogP contribution in [0.1, 0.15) is 54.9 Å². The Morgan fingerprint density at radius 1 is 0.647 bits per heavy atom. The van der Waals surface area contributed by atoms with Gasteiger partial charge in [0.1, 0.15) is 6.10 Å². The standard InChI is InChI=1S/C30H49O20P/c1-8-41-25(34)29(26(35)42-9-2,14-39-18-45-21(6)31)16-48-51(38,47-13-24-23(33)12-20(5)50-24)49-17-30(27(36)43-10-3,28(37)44-11-4)15-40-19-46-22(7)32/h20,23-24,33H,8-19H2,1-7H3/t20-,23?,24+/m0/s1. The van der Waals surface area contributed by atoms with Crippen molar-refractivity contribution >= 4 is 43.6 Å². The van der Waals surface area contributed by atoms with Gasteiger partial charge in [0.25, 0.3) is 0 Å². The van der Waals surface area contributed by atoms with E-state index in [4.69, 9.17) is 56.2 Å². The van der Waals surface area contributed by atoms with E-state index in [1.807, 2.05) is 0 Å². The highest BCUT2D eigenvalue weighted by Crippen LogP contribution is 2.52. The second-order valence-electron chi connectivity index (χ2n) is 10.8. The molecule has 0 saturated carbocycles. The summed E-state index contributed by atoms with van der Waals surface area (Å²) < 4.78 is 76.8. The van der Waals surface area contributed by atoms with Crippen LogP contribution < -0.4 is 0 Å². The Balaban J connectivity index is 3.65. The van der Waals surface area contributed by atoms with Gasteiger partial charge < -0.3 is 47.7 Å². The van der Waals surface area contributed by atoms with Gasteiger partial charge in [-0.15, -0.1) is 0 Å². The number of carbonyl (C=O) groups excluding carboxylic acids is 6. The maximum absolute atomic E-state index is 14.4. The molecule has 1 saturated heterocycles. The zero-order valence-electron chi connectivity index (χ0n) is 29.9. The lowest BCUT2D eigenvalue weighted by molar-refractivity contribution is -0.185. The Bertz CT molecular complexity index is 1100. The van der Waals surface area contributed by atoms with Crippen molar-refractivity contribution in [2.24, 2.45) is 10.8 Å². The van der Waals surface area contributed by atoms with Crippen molar-refractivity contribution in [2.75, 3.05) is 73.0 Å². The lowest BCUT2D eigenvalue weighted by Crippen LogP contribution is -2.50. The van der Waals surface area contributed by atoms with Crippen molar-refractivity contribution in [3.63, 3.8) is 0 Å². The zero-order valence-corrected chi connectivity index (χ0v) is 30.8. The third kappa shape index (κ3) is 14.4. The van der Waals surface area contributed by atoms with Gasteiger partial charge in [-0.2, -0.15) is 0 Å². The number of hydrogen-bond donors (Lipinski definition) is 1. The molecule has 0 spiro atoms. The van der Waals surface area contributed by atoms with Crippen LogP contribution >= 0.6 is 7.82 Å². The summed E-state index contributed by atoms with van der Waals surface area (Å²) in [5.74, 6) is -6.52. The van der Waals surface area contributed by atoms with Gasteiger partial charge >= 0.3 is 43.6 Å². The average molecular weight is 761 g/mol. The summed E-state index contributed by atoms with van der Waals surface area (Å²) in [6.07, 6.45) is -2.35. The summed E-state index contributed by atoms with van der Waals surface area (Å²) in [4.78, 5) is 75.8. The Morgan fingerprint density at radius 3 is 1.31 bits per heavy atom. The van der Waals surface area contributed by atoms with E-state index in [9.17, 15) is 38.4 Å². The number of aliphatic hydroxyl groups excluding tert-OH is 1. The minimum Gasteiger partial charge on any atom is -0.465 e. The number of ether oxygens (including phenoxy) is 9. The van der Waals surface area contributed by atoms with Gasteiger partial charge in [-0.1, -0.05) is 0 Å². The van der Waals surface area contributed by atoms with E-state index < -0.39 is 119 Å². The molecule has 1 aliphatic heterocycles. The lowest BCUT2D eigenvalue weighted by Gasteiger charge is -2.32. The predicted octanol–water partition coefficient (Wildman–Crippen LogP) is 0.982. The number of carbonyl (C=O) groups is 6. The molecule has 51 heavy (non-hydrogen) atoms. The highest BCUT2D eigenvalue weighted by Gasteiger charge is 2.55. The van der Waals surface area contributed by atoms with Crippen molar-refractivity contribution in [1.82, 2.24) is 0 Å². The molecule has 0 aromatic rings. The number of esters is 6. The number of phosphoric acid groups is 1. The number of rotatable bonds is 25. The molecular formula is C30H49O20P. The van der Waals surface area contributed by atoms with E-state index in [2.05, 4.69) is 0 Å². The summed E-state index contributed by atoms with van der Waals surface area (Å²) in [7, 11) is -5.16. The van der Waals surface area contributed by atoms with Gasteiger partial charge in [-0.3, -0.25) is 42.3 Å². The van der Waals surface area contributed by atoms with Crippen LogP contribution in [0, 0.1) is 10.8 Å². The molecule has 1 aliphatic rings. The number of phosphoric ester groups is 1. The maximum Gasteiger partial charge on any atom is 0.474 e. The first-order chi connectivity index (χ1) is 24.1. The first-order valence-electron chi connectivity index (χ1n) is 16.0. The van der Waals surface area contributed by atoms with Crippen molar-refractivity contribution in [1.29, 1.82) is 0 Å². The Morgan fingerprint density at radius 2 is 1.02 bits per heavy atom. The van der Waals surface area contributed by atoms with E-state index >= 15 is 0 Å². The molecule has 1 unspecified atom stereocenters. The van der Waals surface area contributed by atoms with E-state index in [0.717, 1.165) is 13.8 Å². The maximum atomic E-state index is 14.4. The fraction of sp³-hybridized carbons (Fsp3) is 0.800.